The Morgan fingerprint density at radius 1 is 1.60 bits per heavy atom. The number of carbonyl (C=O) groups is 2. The fourth-order valence-corrected chi connectivity index (χ4v) is 1.92. The summed E-state index contributed by atoms with van der Waals surface area (Å²) in [7, 11) is 1.38. The number of hydrogen-bond acceptors (Lipinski definition) is 3. The van der Waals surface area contributed by atoms with E-state index in [9.17, 15) is 9.59 Å². The molecule has 0 aromatic carbocycles. The predicted molar refractivity (Wildman–Crippen MR) is 57.3 cm³/mol. The minimum atomic E-state index is -0.232. The lowest BCUT2D eigenvalue weighted by Gasteiger charge is -2.10. The molecule has 0 bridgehead atoms. The van der Waals surface area contributed by atoms with Gasteiger partial charge in [0.15, 0.2) is 5.78 Å². The Morgan fingerprint density at radius 3 is 2.80 bits per heavy atom. The highest BCUT2D eigenvalue weighted by Gasteiger charge is 2.30. The van der Waals surface area contributed by atoms with Crippen molar-refractivity contribution in [3.63, 3.8) is 0 Å². The van der Waals surface area contributed by atoms with Crippen LogP contribution in [0.4, 0.5) is 0 Å². The summed E-state index contributed by atoms with van der Waals surface area (Å²) in [6.45, 7) is 4.07. The van der Waals surface area contributed by atoms with Gasteiger partial charge in [0.1, 0.15) is 0 Å². The molecule has 0 aliphatic heterocycles. The third kappa shape index (κ3) is 3.18. The van der Waals surface area contributed by atoms with Crippen molar-refractivity contribution in [1.82, 2.24) is 0 Å². The molecule has 0 aromatic heterocycles. The zero-order chi connectivity index (χ0) is 11.4. The SMILES string of the molecule is COC(=O)CC1CCC(=O)/C1=C/C(C)C. The number of carbonyl (C=O) groups excluding carboxylic acids is 2. The Hall–Kier alpha value is -1.12. The summed E-state index contributed by atoms with van der Waals surface area (Å²) in [5.74, 6) is 0.386. The van der Waals surface area contributed by atoms with E-state index in [2.05, 4.69) is 4.74 Å². The first-order chi connectivity index (χ1) is 7.04. The van der Waals surface area contributed by atoms with Gasteiger partial charge in [0.2, 0.25) is 0 Å². The Balaban J connectivity index is 2.72. The van der Waals surface area contributed by atoms with E-state index < -0.39 is 0 Å². The van der Waals surface area contributed by atoms with E-state index in [0.717, 1.165) is 12.0 Å². The second-order valence-electron chi connectivity index (χ2n) is 4.31. The second kappa shape index (κ2) is 5.10. The molecule has 0 saturated heterocycles. The molecule has 1 aliphatic carbocycles. The summed E-state index contributed by atoms with van der Waals surface area (Å²) in [6.07, 6.45) is 3.66. The topological polar surface area (TPSA) is 43.4 Å². The first kappa shape index (κ1) is 12.0. The summed E-state index contributed by atoms with van der Waals surface area (Å²) < 4.78 is 4.62. The van der Waals surface area contributed by atoms with Crippen LogP contribution >= 0.6 is 0 Å². The van der Waals surface area contributed by atoms with Gasteiger partial charge < -0.3 is 4.74 Å². The van der Waals surface area contributed by atoms with Gasteiger partial charge >= 0.3 is 5.97 Å². The fourth-order valence-electron chi connectivity index (χ4n) is 1.92. The summed E-state index contributed by atoms with van der Waals surface area (Å²) in [4.78, 5) is 22.7. The number of ketones is 1. The molecule has 1 fully saturated rings. The van der Waals surface area contributed by atoms with Gasteiger partial charge in [-0.1, -0.05) is 19.9 Å². The molecule has 1 unspecified atom stereocenters. The molecule has 1 saturated carbocycles. The Labute approximate surface area is 90.5 Å². The third-order valence-corrected chi connectivity index (χ3v) is 2.64. The average molecular weight is 210 g/mol. The number of hydrogen-bond donors (Lipinski definition) is 0. The minimum Gasteiger partial charge on any atom is -0.469 e. The maximum atomic E-state index is 11.6. The van der Waals surface area contributed by atoms with Crippen LogP contribution < -0.4 is 0 Å². The smallest absolute Gasteiger partial charge is 0.306 e. The number of Topliss-reactive ketones (excluding diaryl/α,β-unsaturated/α-hetero) is 1. The minimum absolute atomic E-state index is 0.0762. The van der Waals surface area contributed by atoms with Gasteiger partial charge in [-0.2, -0.15) is 0 Å². The van der Waals surface area contributed by atoms with Gasteiger partial charge in [-0.15, -0.1) is 0 Å². The monoisotopic (exact) mass is 210 g/mol. The first-order valence-corrected chi connectivity index (χ1v) is 5.36. The van der Waals surface area contributed by atoms with Crippen LogP contribution in [0.15, 0.2) is 11.6 Å². The zero-order valence-electron chi connectivity index (χ0n) is 9.58. The molecule has 0 radical (unpaired) electrons. The molecule has 3 heteroatoms. The molecule has 0 heterocycles. The van der Waals surface area contributed by atoms with Crippen molar-refractivity contribution in [2.75, 3.05) is 7.11 Å². The first-order valence-electron chi connectivity index (χ1n) is 5.36. The molecule has 3 nitrogen and oxygen atoms in total. The number of esters is 1. The highest BCUT2D eigenvalue weighted by Crippen LogP contribution is 2.31. The summed E-state index contributed by atoms with van der Waals surface area (Å²) in [5, 5.41) is 0. The highest BCUT2D eigenvalue weighted by molar-refractivity contribution is 5.98. The lowest BCUT2D eigenvalue weighted by atomic mass is 9.96. The third-order valence-electron chi connectivity index (χ3n) is 2.64. The van der Waals surface area contributed by atoms with E-state index in [1.54, 1.807) is 0 Å². The van der Waals surface area contributed by atoms with Gasteiger partial charge in [-0.3, -0.25) is 9.59 Å². The molecule has 0 N–H and O–H groups in total. The maximum absolute atomic E-state index is 11.6. The van der Waals surface area contributed by atoms with Crippen LogP contribution in [0, 0.1) is 11.8 Å². The van der Waals surface area contributed by atoms with Crippen molar-refractivity contribution in [2.45, 2.75) is 33.1 Å². The normalized spacial score (nSPS) is 23.9. The maximum Gasteiger partial charge on any atom is 0.306 e. The van der Waals surface area contributed by atoms with Crippen molar-refractivity contribution in [2.24, 2.45) is 11.8 Å². The van der Waals surface area contributed by atoms with Crippen LogP contribution in [-0.2, 0) is 14.3 Å². The van der Waals surface area contributed by atoms with Crippen LogP contribution in [0.1, 0.15) is 33.1 Å². The number of ether oxygens (including phenoxy) is 1. The zero-order valence-corrected chi connectivity index (χ0v) is 9.58. The number of methoxy groups -OCH3 is 1. The van der Waals surface area contributed by atoms with Crippen LogP contribution in [0.2, 0.25) is 0 Å². The quantitative estimate of drug-likeness (QED) is 0.529. The van der Waals surface area contributed by atoms with Gasteiger partial charge in [-0.05, 0) is 23.8 Å². The van der Waals surface area contributed by atoms with Crippen molar-refractivity contribution in [3.8, 4) is 0 Å². The summed E-state index contributed by atoms with van der Waals surface area (Å²) >= 11 is 0. The molecule has 1 aliphatic rings. The molecule has 84 valence electrons. The number of allylic oxidation sites excluding steroid dienone is 2. The fraction of sp³-hybridized carbons (Fsp3) is 0.667. The van der Waals surface area contributed by atoms with E-state index >= 15 is 0 Å². The second-order valence-corrected chi connectivity index (χ2v) is 4.31. The molecule has 0 aromatic rings. The lowest BCUT2D eigenvalue weighted by molar-refractivity contribution is -0.141. The van der Waals surface area contributed by atoms with Gasteiger partial charge in [-0.25, -0.2) is 0 Å². The van der Waals surface area contributed by atoms with Crippen molar-refractivity contribution >= 4 is 11.8 Å². The van der Waals surface area contributed by atoms with Gasteiger partial charge in [0, 0.05) is 6.42 Å². The average Bonchev–Trinajstić information content (AvgIpc) is 2.49. The molecule has 0 amide bonds. The van der Waals surface area contributed by atoms with Gasteiger partial charge in [0.25, 0.3) is 0 Å². The number of rotatable bonds is 3. The van der Waals surface area contributed by atoms with Crippen molar-refractivity contribution in [1.29, 1.82) is 0 Å². The van der Waals surface area contributed by atoms with Crippen LogP contribution in [0.3, 0.4) is 0 Å². The lowest BCUT2D eigenvalue weighted by Crippen LogP contribution is -2.10. The Kier molecular flexibility index (Phi) is 4.06. The van der Waals surface area contributed by atoms with E-state index in [0.29, 0.717) is 18.8 Å². The summed E-state index contributed by atoms with van der Waals surface area (Å²) in [5.41, 5.74) is 0.829. The largest absolute Gasteiger partial charge is 0.469 e. The standard InChI is InChI=1S/C12H18O3/c1-8(2)6-10-9(4-5-11(10)13)7-12(14)15-3/h6,8-9H,4-5,7H2,1-3H3/b10-6+. The van der Waals surface area contributed by atoms with Crippen molar-refractivity contribution < 1.29 is 14.3 Å². The molecule has 1 atom stereocenters. The van der Waals surface area contributed by atoms with Crippen molar-refractivity contribution in [3.05, 3.63) is 11.6 Å². The van der Waals surface area contributed by atoms with E-state index in [1.165, 1.54) is 7.11 Å². The Bertz CT molecular complexity index is 289. The van der Waals surface area contributed by atoms with E-state index in [1.807, 2.05) is 19.9 Å². The molecule has 1 rings (SSSR count). The molecular weight excluding hydrogens is 192 g/mol. The Morgan fingerprint density at radius 2 is 2.27 bits per heavy atom. The highest BCUT2D eigenvalue weighted by atomic mass is 16.5. The van der Waals surface area contributed by atoms with Gasteiger partial charge in [0.05, 0.1) is 13.5 Å². The van der Waals surface area contributed by atoms with E-state index in [4.69, 9.17) is 0 Å². The molecular formula is C12H18O3. The van der Waals surface area contributed by atoms with Crippen LogP contribution in [0.5, 0.6) is 0 Å². The summed E-state index contributed by atoms with van der Waals surface area (Å²) in [6, 6.07) is 0. The molecule has 15 heavy (non-hydrogen) atoms. The predicted octanol–water partition coefficient (Wildman–Crippen LogP) is 2.11. The van der Waals surface area contributed by atoms with E-state index in [-0.39, 0.29) is 17.7 Å². The van der Waals surface area contributed by atoms with Crippen LogP contribution in [-0.4, -0.2) is 18.9 Å². The molecule has 0 spiro atoms. The van der Waals surface area contributed by atoms with Crippen LogP contribution in [0.25, 0.3) is 0 Å².